The van der Waals surface area contributed by atoms with E-state index in [1.54, 1.807) is 0 Å². The summed E-state index contributed by atoms with van der Waals surface area (Å²) in [6.07, 6.45) is 7.94. The summed E-state index contributed by atoms with van der Waals surface area (Å²) >= 11 is 0. The summed E-state index contributed by atoms with van der Waals surface area (Å²) in [5.41, 5.74) is 0.954. The smallest absolute Gasteiger partial charge is 0.0715 e. The van der Waals surface area contributed by atoms with Crippen molar-refractivity contribution in [2.45, 2.75) is 37.8 Å². The van der Waals surface area contributed by atoms with Gasteiger partial charge in [-0.15, -0.1) is 0 Å². The molecule has 23 heavy (non-hydrogen) atoms. The summed E-state index contributed by atoms with van der Waals surface area (Å²) in [7, 11) is 2.21. The zero-order valence-electron chi connectivity index (χ0n) is 14.4. The second-order valence-corrected chi connectivity index (χ2v) is 7.19. The number of allylic oxidation sites excluding steroid dienone is 2. The number of nitrogens with one attached hydrogen (secondary N) is 1. The molecule has 0 saturated carbocycles. The first-order valence-electron chi connectivity index (χ1n) is 8.99. The van der Waals surface area contributed by atoms with E-state index in [0.29, 0.717) is 17.9 Å². The number of rotatable bonds is 6. The molecule has 2 fully saturated rings. The predicted molar refractivity (Wildman–Crippen MR) is 95.3 cm³/mol. The second-order valence-electron chi connectivity index (χ2n) is 7.19. The summed E-state index contributed by atoms with van der Waals surface area (Å²) in [5, 5.41) is 14.2. The number of hydrogen-bond acceptors (Lipinski definition) is 3. The topological polar surface area (TPSA) is 35.5 Å². The van der Waals surface area contributed by atoms with Crippen molar-refractivity contribution in [2.75, 3.05) is 26.7 Å². The van der Waals surface area contributed by atoms with Crippen LogP contribution < -0.4 is 5.32 Å². The Bertz CT molecular complexity index is 530. The molecule has 1 aromatic carbocycles. The maximum Gasteiger partial charge on any atom is 0.0715 e. The third-order valence-electron chi connectivity index (χ3n) is 5.73. The first-order valence-corrected chi connectivity index (χ1v) is 8.99. The lowest BCUT2D eigenvalue weighted by atomic mass is 9.76. The number of benzene rings is 1. The van der Waals surface area contributed by atoms with E-state index < -0.39 is 0 Å². The fraction of sp³-hybridized carbons (Fsp3) is 0.600. The van der Waals surface area contributed by atoms with Gasteiger partial charge in [0.1, 0.15) is 0 Å². The van der Waals surface area contributed by atoms with Gasteiger partial charge in [-0.25, -0.2) is 0 Å². The molecule has 3 rings (SSSR count). The van der Waals surface area contributed by atoms with Crippen LogP contribution in [0.15, 0.2) is 42.5 Å². The van der Waals surface area contributed by atoms with Crippen molar-refractivity contribution in [3.8, 4) is 0 Å². The van der Waals surface area contributed by atoms with Crippen LogP contribution in [0.25, 0.3) is 0 Å². The number of aliphatic hydroxyl groups is 1. The zero-order valence-corrected chi connectivity index (χ0v) is 14.4. The molecule has 4 atom stereocenters. The van der Waals surface area contributed by atoms with Gasteiger partial charge in [-0.05, 0) is 37.8 Å². The third kappa shape index (κ3) is 3.10. The summed E-state index contributed by atoms with van der Waals surface area (Å²) in [6, 6.07) is 11.0. The Balaban J connectivity index is 1.84. The van der Waals surface area contributed by atoms with Crippen molar-refractivity contribution >= 4 is 0 Å². The largest absolute Gasteiger partial charge is 0.394 e. The lowest BCUT2D eigenvalue weighted by Crippen LogP contribution is -2.49. The van der Waals surface area contributed by atoms with E-state index >= 15 is 0 Å². The Morgan fingerprint density at radius 3 is 2.74 bits per heavy atom. The van der Waals surface area contributed by atoms with Gasteiger partial charge in [0.25, 0.3) is 0 Å². The van der Waals surface area contributed by atoms with Crippen LogP contribution in [0.3, 0.4) is 0 Å². The van der Waals surface area contributed by atoms with Gasteiger partial charge in [-0.3, -0.25) is 0 Å². The lowest BCUT2D eigenvalue weighted by Gasteiger charge is -2.35. The quantitative estimate of drug-likeness (QED) is 0.793. The fourth-order valence-electron chi connectivity index (χ4n) is 4.64. The highest BCUT2D eigenvalue weighted by molar-refractivity contribution is 5.30. The average Bonchev–Trinajstić information content (AvgIpc) is 3.09. The van der Waals surface area contributed by atoms with E-state index in [-0.39, 0.29) is 12.1 Å². The van der Waals surface area contributed by atoms with Gasteiger partial charge in [-0.2, -0.15) is 0 Å². The molecular weight excluding hydrogens is 284 g/mol. The monoisotopic (exact) mass is 314 g/mol. The maximum absolute atomic E-state index is 10.3. The van der Waals surface area contributed by atoms with Crippen LogP contribution in [-0.2, 0) is 5.54 Å². The van der Waals surface area contributed by atoms with Gasteiger partial charge in [0.15, 0.2) is 0 Å². The third-order valence-corrected chi connectivity index (χ3v) is 5.73. The normalized spacial score (nSPS) is 34.3. The van der Waals surface area contributed by atoms with Crippen LogP contribution in [0.5, 0.6) is 0 Å². The highest BCUT2D eigenvalue weighted by Gasteiger charge is 2.56. The Labute approximate surface area is 140 Å². The van der Waals surface area contributed by atoms with E-state index in [9.17, 15) is 5.11 Å². The Hall–Kier alpha value is -1.16. The molecule has 0 aliphatic carbocycles. The predicted octanol–water partition coefficient (Wildman–Crippen LogP) is 2.77. The van der Waals surface area contributed by atoms with E-state index in [0.717, 1.165) is 32.4 Å². The summed E-state index contributed by atoms with van der Waals surface area (Å²) in [5.74, 6) is 1.11. The van der Waals surface area contributed by atoms with Gasteiger partial charge in [0, 0.05) is 25.0 Å². The Kier molecular flexibility index (Phi) is 5.20. The Morgan fingerprint density at radius 1 is 1.26 bits per heavy atom. The summed E-state index contributed by atoms with van der Waals surface area (Å²) in [6.45, 7) is 4.55. The van der Waals surface area contributed by atoms with Gasteiger partial charge in [0.05, 0.1) is 12.1 Å². The molecule has 0 spiro atoms. The minimum Gasteiger partial charge on any atom is -0.394 e. The molecule has 2 N–H and O–H groups in total. The molecule has 2 saturated heterocycles. The van der Waals surface area contributed by atoms with Gasteiger partial charge < -0.3 is 15.3 Å². The number of likely N-dealkylation sites (tertiary alicyclic amines) is 1. The minimum absolute atomic E-state index is 0.174. The molecule has 3 nitrogen and oxygen atoms in total. The fourth-order valence-corrected chi connectivity index (χ4v) is 4.64. The molecule has 3 heteroatoms. The number of fused-ring (bicyclic) bond motifs is 1. The van der Waals surface area contributed by atoms with Crippen LogP contribution in [0.2, 0.25) is 0 Å². The SMILES string of the molecule is CC/C=C\CC[C@@H]1N[C@@](CO)(c2ccccc2)[C@@H]2CN(C)C[C@H]12. The van der Waals surface area contributed by atoms with Gasteiger partial charge >= 0.3 is 0 Å². The van der Waals surface area contributed by atoms with E-state index in [1.807, 2.05) is 0 Å². The van der Waals surface area contributed by atoms with Crippen LogP contribution in [-0.4, -0.2) is 42.8 Å². The molecule has 1 aromatic rings. The zero-order chi connectivity index (χ0) is 16.3. The van der Waals surface area contributed by atoms with Crippen molar-refractivity contribution in [1.82, 2.24) is 10.2 Å². The average molecular weight is 314 g/mol. The molecule has 2 aliphatic rings. The first kappa shape index (κ1) is 16.7. The van der Waals surface area contributed by atoms with Crippen LogP contribution in [0.1, 0.15) is 31.7 Å². The maximum atomic E-state index is 10.3. The summed E-state index contributed by atoms with van der Waals surface area (Å²) < 4.78 is 0. The van der Waals surface area contributed by atoms with Crippen molar-refractivity contribution in [2.24, 2.45) is 11.8 Å². The van der Waals surface area contributed by atoms with Crippen LogP contribution in [0, 0.1) is 11.8 Å². The number of nitrogens with zero attached hydrogens (tertiary/aromatic N) is 1. The first-order chi connectivity index (χ1) is 11.2. The van der Waals surface area contributed by atoms with E-state index in [1.165, 1.54) is 5.56 Å². The summed E-state index contributed by atoms with van der Waals surface area (Å²) in [4.78, 5) is 2.43. The molecule has 2 aliphatic heterocycles. The molecular formula is C20H30N2O. The van der Waals surface area contributed by atoms with Crippen molar-refractivity contribution in [1.29, 1.82) is 0 Å². The molecule has 0 unspecified atom stereocenters. The van der Waals surface area contributed by atoms with Gasteiger partial charge in [0.2, 0.25) is 0 Å². The molecule has 2 heterocycles. The van der Waals surface area contributed by atoms with E-state index in [4.69, 9.17) is 0 Å². The van der Waals surface area contributed by atoms with Crippen molar-refractivity contribution in [3.05, 3.63) is 48.0 Å². The van der Waals surface area contributed by atoms with Crippen LogP contribution in [0.4, 0.5) is 0 Å². The Morgan fingerprint density at radius 2 is 2.04 bits per heavy atom. The van der Waals surface area contributed by atoms with Crippen LogP contribution >= 0.6 is 0 Å². The number of hydrogen-bond donors (Lipinski definition) is 2. The molecule has 0 aromatic heterocycles. The molecule has 0 radical (unpaired) electrons. The second kappa shape index (κ2) is 7.16. The molecule has 0 amide bonds. The lowest BCUT2D eigenvalue weighted by molar-refractivity contribution is 0.129. The molecule has 126 valence electrons. The molecule has 0 bridgehead atoms. The highest BCUT2D eigenvalue weighted by atomic mass is 16.3. The van der Waals surface area contributed by atoms with E-state index in [2.05, 4.69) is 66.7 Å². The van der Waals surface area contributed by atoms with Crippen molar-refractivity contribution < 1.29 is 5.11 Å². The minimum atomic E-state index is -0.282. The number of aliphatic hydroxyl groups excluding tert-OH is 1. The van der Waals surface area contributed by atoms with Gasteiger partial charge in [-0.1, -0.05) is 49.4 Å². The standard InChI is InChI=1S/C20H30N2O/c1-3-4-5-9-12-19-17-13-22(2)14-18(17)20(15-23,21-19)16-10-7-6-8-11-16/h4-8,10-11,17-19,21,23H,3,9,12-15H2,1-2H3/b5-4-/t17-,18+,19-,20-/m0/s1. The highest BCUT2D eigenvalue weighted by Crippen LogP contribution is 2.47. The van der Waals surface area contributed by atoms with Crippen molar-refractivity contribution in [3.63, 3.8) is 0 Å².